The third kappa shape index (κ3) is 4.86. The number of hydrogen-bond acceptors (Lipinski definition) is 5. The molecule has 9 heteroatoms. The third-order valence-electron chi connectivity index (χ3n) is 6.06. The zero-order chi connectivity index (χ0) is 21.8. The molecule has 3 heterocycles. The summed E-state index contributed by atoms with van der Waals surface area (Å²) in [7, 11) is -3.71. The van der Waals surface area contributed by atoms with Gasteiger partial charge in [-0.1, -0.05) is 29.8 Å². The second kappa shape index (κ2) is 9.54. The maximum Gasteiger partial charge on any atom is 0.246 e. The van der Waals surface area contributed by atoms with Gasteiger partial charge in [0, 0.05) is 50.5 Å². The van der Waals surface area contributed by atoms with Gasteiger partial charge < -0.3 is 10.2 Å². The van der Waals surface area contributed by atoms with Crippen LogP contribution >= 0.6 is 11.6 Å². The van der Waals surface area contributed by atoms with E-state index >= 15 is 0 Å². The summed E-state index contributed by atoms with van der Waals surface area (Å²) in [6.45, 7) is 3.17. The van der Waals surface area contributed by atoms with Crippen LogP contribution in [0.15, 0.2) is 47.5 Å². The number of rotatable bonds is 6. The molecule has 0 bridgehead atoms. The molecule has 2 aliphatic rings. The molecule has 1 aromatic carbocycles. The zero-order valence-corrected chi connectivity index (χ0v) is 18.9. The van der Waals surface area contributed by atoms with E-state index in [1.165, 1.54) is 35.1 Å². The molecule has 0 atom stereocenters. The van der Waals surface area contributed by atoms with Crippen LogP contribution in [0.5, 0.6) is 0 Å². The molecule has 2 aromatic rings. The van der Waals surface area contributed by atoms with Gasteiger partial charge >= 0.3 is 0 Å². The van der Waals surface area contributed by atoms with Crippen LogP contribution in [0, 0.1) is 5.92 Å². The van der Waals surface area contributed by atoms with Crippen molar-refractivity contribution in [2.24, 2.45) is 5.92 Å². The molecule has 0 aliphatic carbocycles. The Bertz CT molecular complexity index is 1030. The molecule has 2 fully saturated rings. The Labute approximate surface area is 188 Å². The molecule has 0 saturated carbocycles. The number of pyridine rings is 1. The van der Waals surface area contributed by atoms with Crippen LogP contribution < -0.4 is 10.2 Å². The van der Waals surface area contributed by atoms with Gasteiger partial charge in [-0.05, 0) is 49.4 Å². The summed E-state index contributed by atoms with van der Waals surface area (Å²) in [5.41, 5.74) is 2.30. The lowest BCUT2D eigenvalue weighted by Crippen LogP contribution is -2.43. The number of amides is 1. The maximum atomic E-state index is 12.9. The normalized spacial score (nSPS) is 18.3. The average Bonchev–Trinajstić information content (AvgIpc) is 3.33. The van der Waals surface area contributed by atoms with Gasteiger partial charge in [-0.3, -0.25) is 4.79 Å². The number of para-hydroxylation sites is 1. The first-order chi connectivity index (χ1) is 15.0. The number of benzene rings is 1. The molecular weight excluding hydrogens is 436 g/mol. The van der Waals surface area contributed by atoms with Crippen molar-refractivity contribution < 1.29 is 13.2 Å². The molecule has 166 valence electrons. The Balaban J connectivity index is 1.34. The number of piperidine rings is 1. The Morgan fingerprint density at radius 2 is 1.77 bits per heavy atom. The van der Waals surface area contributed by atoms with Crippen LogP contribution in [0.4, 0.5) is 5.69 Å². The summed E-state index contributed by atoms with van der Waals surface area (Å²) >= 11 is 5.98. The molecule has 31 heavy (non-hydrogen) atoms. The highest BCUT2D eigenvalue weighted by Crippen LogP contribution is 2.28. The predicted molar refractivity (Wildman–Crippen MR) is 120 cm³/mol. The first-order valence-electron chi connectivity index (χ1n) is 10.7. The fourth-order valence-corrected chi connectivity index (χ4v) is 6.21. The van der Waals surface area contributed by atoms with Crippen molar-refractivity contribution in [3.8, 4) is 0 Å². The standard InChI is InChI=1S/C22H27ClN4O3S/c23-21-20(8-5-11-24-21)31(29,30)27-14-9-17(10-15-27)22(28)25-16-18-6-1-2-7-19(18)26-12-3-4-13-26/h1-2,5-8,11,17H,3-4,9-10,12-16H2,(H,25,28). The third-order valence-corrected chi connectivity index (χ3v) is 8.40. The van der Waals surface area contributed by atoms with E-state index in [9.17, 15) is 13.2 Å². The molecule has 2 saturated heterocycles. The van der Waals surface area contributed by atoms with Gasteiger partial charge in [-0.2, -0.15) is 4.31 Å². The van der Waals surface area contributed by atoms with Gasteiger partial charge in [0.25, 0.3) is 0 Å². The van der Waals surface area contributed by atoms with Crippen LogP contribution in [0.1, 0.15) is 31.2 Å². The monoisotopic (exact) mass is 462 g/mol. The van der Waals surface area contributed by atoms with E-state index in [0.717, 1.165) is 18.7 Å². The molecule has 1 N–H and O–H groups in total. The fraction of sp³-hybridized carbons (Fsp3) is 0.455. The Hall–Kier alpha value is -2.16. The molecule has 1 aromatic heterocycles. The largest absolute Gasteiger partial charge is 0.371 e. The Morgan fingerprint density at radius 3 is 2.48 bits per heavy atom. The fourth-order valence-electron chi connectivity index (χ4n) is 4.31. The summed E-state index contributed by atoms with van der Waals surface area (Å²) in [6.07, 6.45) is 4.83. The van der Waals surface area contributed by atoms with Gasteiger partial charge in [0.1, 0.15) is 10.0 Å². The van der Waals surface area contributed by atoms with Crippen LogP contribution in [0.2, 0.25) is 5.15 Å². The number of halogens is 1. The second-order valence-corrected chi connectivity index (χ2v) is 10.3. The molecule has 2 aliphatic heterocycles. The Kier molecular flexibility index (Phi) is 6.79. The highest BCUT2D eigenvalue weighted by molar-refractivity contribution is 7.89. The molecule has 0 spiro atoms. The number of aromatic nitrogens is 1. The predicted octanol–water partition coefficient (Wildman–Crippen LogP) is 3.05. The molecule has 4 rings (SSSR count). The number of hydrogen-bond donors (Lipinski definition) is 1. The Morgan fingerprint density at radius 1 is 1.06 bits per heavy atom. The van der Waals surface area contributed by atoms with Crippen molar-refractivity contribution >= 4 is 33.2 Å². The molecule has 0 radical (unpaired) electrons. The average molecular weight is 463 g/mol. The summed E-state index contributed by atoms with van der Waals surface area (Å²) in [5.74, 6) is -0.220. The highest BCUT2D eigenvalue weighted by atomic mass is 35.5. The SMILES string of the molecule is O=C(NCc1ccccc1N1CCCC1)C1CCN(S(=O)(=O)c2cccnc2Cl)CC1. The lowest BCUT2D eigenvalue weighted by molar-refractivity contribution is -0.126. The minimum absolute atomic E-state index is 0.0121. The number of anilines is 1. The van der Waals surface area contributed by atoms with E-state index in [0.29, 0.717) is 19.4 Å². The van der Waals surface area contributed by atoms with E-state index in [2.05, 4.69) is 27.3 Å². The number of nitrogens with zero attached hydrogens (tertiary/aromatic N) is 3. The van der Waals surface area contributed by atoms with E-state index < -0.39 is 10.0 Å². The van der Waals surface area contributed by atoms with Crippen LogP contribution in [0.3, 0.4) is 0 Å². The maximum absolute atomic E-state index is 12.9. The minimum atomic E-state index is -3.71. The molecule has 7 nitrogen and oxygen atoms in total. The van der Waals surface area contributed by atoms with E-state index in [1.807, 2.05) is 12.1 Å². The van der Waals surface area contributed by atoms with Gasteiger partial charge in [0.05, 0.1) is 0 Å². The summed E-state index contributed by atoms with van der Waals surface area (Å²) < 4.78 is 27.1. The van der Waals surface area contributed by atoms with Crippen molar-refractivity contribution in [2.75, 3.05) is 31.1 Å². The topological polar surface area (TPSA) is 82.6 Å². The van der Waals surface area contributed by atoms with Crippen LogP contribution in [-0.4, -0.2) is 49.8 Å². The first-order valence-corrected chi connectivity index (χ1v) is 12.5. The van der Waals surface area contributed by atoms with E-state index in [1.54, 1.807) is 6.07 Å². The van der Waals surface area contributed by atoms with Crippen molar-refractivity contribution in [3.63, 3.8) is 0 Å². The van der Waals surface area contributed by atoms with Crippen molar-refractivity contribution in [2.45, 2.75) is 37.1 Å². The van der Waals surface area contributed by atoms with Crippen LogP contribution in [-0.2, 0) is 21.4 Å². The van der Waals surface area contributed by atoms with Gasteiger partial charge in [-0.15, -0.1) is 0 Å². The van der Waals surface area contributed by atoms with Gasteiger partial charge in [0.15, 0.2) is 0 Å². The second-order valence-electron chi connectivity index (χ2n) is 8.01. The number of carbonyl (C=O) groups excluding carboxylic acids is 1. The minimum Gasteiger partial charge on any atom is -0.371 e. The number of sulfonamides is 1. The summed E-state index contributed by atoms with van der Waals surface area (Å²) in [4.78, 5) is 19.0. The van der Waals surface area contributed by atoms with Gasteiger partial charge in [0.2, 0.25) is 15.9 Å². The first kappa shape index (κ1) is 22.0. The zero-order valence-electron chi connectivity index (χ0n) is 17.3. The summed E-state index contributed by atoms with van der Waals surface area (Å²) in [5, 5.41) is 3.03. The number of nitrogens with one attached hydrogen (secondary N) is 1. The van der Waals surface area contributed by atoms with Crippen molar-refractivity contribution in [3.05, 3.63) is 53.3 Å². The van der Waals surface area contributed by atoms with Crippen LogP contribution in [0.25, 0.3) is 0 Å². The van der Waals surface area contributed by atoms with E-state index in [-0.39, 0.29) is 35.0 Å². The molecule has 1 amide bonds. The lowest BCUT2D eigenvalue weighted by atomic mass is 9.97. The van der Waals surface area contributed by atoms with Crippen molar-refractivity contribution in [1.82, 2.24) is 14.6 Å². The van der Waals surface area contributed by atoms with E-state index in [4.69, 9.17) is 11.6 Å². The van der Waals surface area contributed by atoms with Crippen molar-refractivity contribution in [1.29, 1.82) is 0 Å². The molecule has 0 unspecified atom stereocenters. The molecular formula is C22H27ClN4O3S. The summed E-state index contributed by atoms with van der Waals surface area (Å²) in [6, 6.07) is 11.2. The quantitative estimate of drug-likeness (QED) is 0.667. The highest BCUT2D eigenvalue weighted by Gasteiger charge is 2.33. The smallest absolute Gasteiger partial charge is 0.246 e. The van der Waals surface area contributed by atoms with Gasteiger partial charge in [-0.25, -0.2) is 13.4 Å². The number of carbonyl (C=O) groups is 1. The lowest BCUT2D eigenvalue weighted by Gasteiger charge is -2.30.